The standard InChI is InChI=1S/C20H24N4O3/c21-18-12-6-13(18)9-23(8-12)7-11-2-1-3-14-15(11)10-24(20(14)27)16-4-5-17(25)22-19(16)26/h1-3,12-13,16,18H,4-10,21H2,(H,22,25,26). The first-order chi connectivity index (χ1) is 13.0. The molecule has 0 radical (unpaired) electrons. The first kappa shape index (κ1) is 16.9. The van der Waals surface area contributed by atoms with Gasteiger partial charge in [-0.2, -0.15) is 0 Å². The second-order valence-electron chi connectivity index (χ2n) is 8.37. The fourth-order valence-corrected chi connectivity index (χ4v) is 5.19. The summed E-state index contributed by atoms with van der Waals surface area (Å²) in [7, 11) is 0. The number of nitrogens with zero attached hydrogens (tertiary/aromatic N) is 2. The molecule has 6 rings (SSSR count). The average molecular weight is 368 g/mol. The molecule has 4 heterocycles. The van der Waals surface area contributed by atoms with Crippen LogP contribution in [0.2, 0.25) is 0 Å². The zero-order chi connectivity index (χ0) is 18.7. The molecule has 3 saturated heterocycles. The second kappa shape index (κ2) is 6.14. The summed E-state index contributed by atoms with van der Waals surface area (Å²) in [5, 5.41) is 2.36. The Balaban J connectivity index is 1.35. The second-order valence-corrected chi connectivity index (χ2v) is 8.37. The van der Waals surface area contributed by atoms with Gasteiger partial charge in [-0.05, 0) is 41.9 Å². The number of nitrogens with two attached hydrogens (primary N) is 1. The van der Waals surface area contributed by atoms with Gasteiger partial charge in [0.05, 0.1) is 0 Å². The molecular weight excluding hydrogens is 344 g/mol. The van der Waals surface area contributed by atoms with Crippen LogP contribution in [0.15, 0.2) is 18.2 Å². The van der Waals surface area contributed by atoms with E-state index in [1.165, 1.54) is 6.42 Å². The first-order valence-corrected chi connectivity index (χ1v) is 9.74. The molecule has 3 atom stereocenters. The predicted octanol–water partition coefficient (Wildman–Crippen LogP) is 0.227. The smallest absolute Gasteiger partial charge is 0.255 e. The van der Waals surface area contributed by atoms with Gasteiger partial charge in [-0.1, -0.05) is 12.1 Å². The highest BCUT2D eigenvalue weighted by Crippen LogP contribution is 2.39. The van der Waals surface area contributed by atoms with E-state index in [2.05, 4.69) is 16.3 Å². The molecule has 4 fully saturated rings. The third-order valence-electron chi connectivity index (χ3n) is 6.75. The van der Waals surface area contributed by atoms with E-state index in [0.29, 0.717) is 36.4 Å². The molecule has 27 heavy (non-hydrogen) atoms. The van der Waals surface area contributed by atoms with Gasteiger partial charge in [-0.3, -0.25) is 24.6 Å². The van der Waals surface area contributed by atoms with Crippen LogP contribution in [0.5, 0.6) is 0 Å². The van der Waals surface area contributed by atoms with Crippen molar-refractivity contribution in [2.24, 2.45) is 17.6 Å². The summed E-state index contributed by atoms with van der Waals surface area (Å²) in [6.45, 7) is 3.30. The Morgan fingerprint density at radius 1 is 1.15 bits per heavy atom. The SMILES string of the molecule is NC1C2CC1CN(Cc1cccc3c1CN(C1CCC(=O)NC1=O)C3=O)C2. The largest absolute Gasteiger partial charge is 0.327 e. The lowest BCUT2D eigenvalue weighted by Crippen LogP contribution is -2.61. The van der Waals surface area contributed by atoms with Crippen molar-refractivity contribution in [3.63, 3.8) is 0 Å². The van der Waals surface area contributed by atoms with Crippen LogP contribution >= 0.6 is 0 Å². The number of fused-ring (bicyclic) bond motifs is 3. The molecule has 1 aromatic carbocycles. The number of hydrogen-bond acceptors (Lipinski definition) is 5. The minimum absolute atomic E-state index is 0.107. The quantitative estimate of drug-likeness (QED) is 0.745. The van der Waals surface area contributed by atoms with E-state index >= 15 is 0 Å². The lowest BCUT2D eigenvalue weighted by atomic mass is 9.66. The Hall–Kier alpha value is -2.25. The normalized spacial score (nSPS) is 32.9. The Kier molecular flexibility index (Phi) is 3.84. The highest BCUT2D eigenvalue weighted by atomic mass is 16.2. The van der Waals surface area contributed by atoms with E-state index in [9.17, 15) is 14.4 Å². The van der Waals surface area contributed by atoms with E-state index < -0.39 is 6.04 Å². The maximum absolute atomic E-state index is 12.9. The van der Waals surface area contributed by atoms with Crippen molar-refractivity contribution in [2.75, 3.05) is 13.1 Å². The first-order valence-electron chi connectivity index (χ1n) is 9.74. The van der Waals surface area contributed by atoms with Crippen LogP contribution in [0.3, 0.4) is 0 Å². The molecule has 3 N–H and O–H groups in total. The fourth-order valence-electron chi connectivity index (χ4n) is 5.19. The van der Waals surface area contributed by atoms with Crippen molar-refractivity contribution in [1.29, 1.82) is 0 Å². The molecule has 1 aliphatic carbocycles. The van der Waals surface area contributed by atoms with E-state index in [-0.39, 0.29) is 24.1 Å². The third-order valence-corrected chi connectivity index (χ3v) is 6.75. The van der Waals surface area contributed by atoms with Crippen molar-refractivity contribution in [1.82, 2.24) is 15.1 Å². The Morgan fingerprint density at radius 2 is 1.93 bits per heavy atom. The summed E-state index contributed by atoms with van der Waals surface area (Å²) in [4.78, 5) is 40.6. The monoisotopic (exact) mass is 368 g/mol. The molecule has 7 heteroatoms. The number of rotatable bonds is 3. The zero-order valence-electron chi connectivity index (χ0n) is 15.2. The van der Waals surface area contributed by atoms with E-state index in [4.69, 9.17) is 5.73 Å². The number of carbonyl (C=O) groups excluding carboxylic acids is 3. The number of nitrogens with one attached hydrogen (secondary N) is 1. The summed E-state index contributed by atoms with van der Waals surface area (Å²) >= 11 is 0. The fraction of sp³-hybridized carbons (Fsp3) is 0.550. The number of piperidine rings is 3. The minimum Gasteiger partial charge on any atom is -0.327 e. The zero-order valence-corrected chi connectivity index (χ0v) is 15.2. The molecule has 3 unspecified atom stereocenters. The van der Waals surface area contributed by atoms with Crippen LogP contribution in [-0.4, -0.2) is 52.7 Å². The van der Waals surface area contributed by atoms with Gasteiger partial charge in [0.1, 0.15) is 6.04 Å². The summed E-state index contributed by atoms with van der Waals surface area (Å²) < 4.78 is 0. The van der Waals surface area contributed by atoms with E-state index in [1.54, 1.807) is 4.90 Å². The number of imide groups is 1. The van der Waals surface area contributed by atoms with Crippen LogP contribution in [0.1, 0.15) is 40.7 Å². The Bertz CT molecular complexity index is 827. The Morgan fingerprint density at radius 3 is 2.63 bits per heavy atom. The van der Waals surface area contributed by atoms with Gasteiger partial charge in [0.25, 0.3) is 5.91 Å². The van der Waals surface area contributed by atoms with Gasteiger partial charge < -0.3 is 10.6 Å². The molecule has 7 nitrogen and oxygen atoms in total. The van der Waals surface area contributed by atoms with Crippen molar-refractivity contribution in [3.8, 4) is 0 Å². The molecule has 1 aromatic rings. The number of benzene rings is 1. The van der Waals surface area contributed by atoms with Crippen molar-refractivity contribution >= 4 is 17.7 Å². The van der Waals surface area contributed by atoms with Crippen molar-refractivity contribution < 1.29 is 14.4 Å². The lowest BCUT2D eigenvalue weighted by Gasteiger charge is -2.52. The summed E-state index contributed by atoms with van der Waals surface area (Å²) in [6, 6.07) is 5.65. The van der Waals surface area contributed by atoms with Gasteiger partial charge in [-0.25, -0.2) is 0 Å². The topological polar surface area (TPSA) is 95.7 Å². The summed E-state index contributed by atoms with van der Waals surface area (Å²) in [6.07, 6.45) is 1.92. The van der Waals surface area contributed by atoms with Gasteiger partial charge in [0.2, 0.25) is 11.8 Å². The van der Waals surface area contributed by atoms with Crippen LogP contribution in [0, 0.1) is 11.8 Å². The van der Waals surface area contributed by atoms with E-state index in [0.717, 1.165) is 30.8 Å². The summed E-state index contributed by atoms with van der Waals surface area (Å²) in [5.41, 5.74) is 9.05. The van der Waals surface area contributed by atoms with Crippen molar-refractivity contribution in [2.45, 2.75) is 44.4 Å². The molecule has 142 valence electrons. The molecule has 2 bridgehead atoms. The van der Waals surface area contributed by atoms with Gasteiger partial charge in [0, 0.05) is 44.2 Å². The predicted molar refractivity (Wildman–Crippen MR) is 97.3 cm³/mol. The lowest BCUT2D eigenvalue weighted by molar-refractivity contribution is -0.136. The Labute approximate surface area is 157 Å². The molecule has 0 aromatic heterocycles. The van der Waals surface area contributed by atoms with Crippen molar-refractivity contribution in [3.05, 3.63) is 34.9 Å². The summed E-state index contributed by atoms with van der Waals surface area (Å²) in [5.74, 6) is 0.469. The number of carbonyl (C=O) groups is 3. The maximum Gasteiger partial charge on any atom is 0.255 e. The molecule has 4 aliphatic heterocycles. The molecular formula is C20H24N4O3. The number of amides is 3. The highest BCUT2D eigenvalue weighted by Gasteiger charge is 2.45. The van der Waals surface area contributed by atoms with Gasteiger partial charge >= 0.3 is 0 Å². The van der Waals surface area contributed by atoms with Gasteiger partial charge in [0.15, 0.2) is 0 Å². The van der Waals surface area contributed by atoms with Crippen LogP contribution in [0.4, 0.5) is 0 Å². The molecule has 5 aliphatic rings. The minimum atomic E-state index is -0.559. The van der Waals surface area contributed by atoms with Gasteiger partial charge in [-0.15, -0.1) is 0 Å². The molecule has 3 amide bonds. The van der Waals surface area contributed by atoms with Crippen LogP contribution in [0.25, 0.3) is 0 Å². The third kappa shape index (κ3) is 2.68. The average Bonchev–Trinajstić information content (AvgIpc) is 2.99. The van der Waals surface area contributed by atoms with Crippen LogP contribution in [-0.2, 0) is 22.7 Å². The highest BCUT2D eigenvalue weighted by molar-refractivity contribution is 6.05. The molecule has 0 spiro atoms. The number of hydrogen-bond donors (Lipinski definition) is 2. The van der Waals surface area contributed by atoms with Crippen LogP contribution < -0.4 is 11.1 Å². The maximum atomic E-state index is 12.9. The molecule has 1 saturated carbocycles. The van der Waals surface area contributed by atoms with E-state index in [1.807, 2.05) is 12.1 Å².